The average Bonchev–Trinajstić information content (AvgIpc) is 3.95. The Morgan fingerprint density at radius 2 is 0.825 bits per heavy atom. The Morgan fingerprint density at radius 3 is 1.49 bits per heavy atom. The van der Waals surface area contributed by atoms with E-state index in [-0.39, 0.29) is 0 Å². The van der Waals surface area contributed by atoms with Crippen molar-refractivity contribution in [1.29, 1.82) is 0 Å². The van der Waals surface area contributed by atoms with Gasteiger partial charge in [0.05, 0.1) is 11.0 Å². The maximum atomic E-state index is 5.00. The van der Waals surface area contributed by atoms with E-state index in [1.807, 2.05) is 83.3 Å². The van der Waals surface area contributed by atoms with Crippen LogP contribution in [0.1, 0.15) is 0 Å². The fourth-order valence-corrected chi connectivity index (χ4v) is 10.8. The summed E-state index contributed by atoms with van der Waals surface area (Å²) < 4.78 is 7.47. The van der Waals surface area contributed by atoms with E-state index in [1.165, 1.54) is 79.0 Å². The van der Waals surface area contributed by atoms with Crippen molar-refractivity contribution in [3.8, 4) is 51.0 Å². The highest BCUT2D eigenvalue weighted by molar-refractivity contribution is 7.26. The molecule has 0 fully saturated rings. The van der Waals surface area contributed by atoms with Crippen molar-refractivity contribution in [3.05, 3.63) is 182 Å². The van der Waals surface area contributed by atoms with Crippen LogP contribution in [0.15, 0.2) is 182 Å². The van der Waals surface area contributed by atoms with Crippen molar-refractivity contribution in [1.82, 2.24) is 19.5 Å². The van der Waals surface area contributed by atoms with Crippen LogP contribution in [0.25, 0.3) is 113 Å². The number of rotatable bonds is 5. The fraction of sp³-hybridized carbons (Fsp3) is 0. The van der Waals surface area contributed by atoms with E-state index in [0.29, 0.717) is 17.5 Å². The van der Waals surface area contributed by atoms with Crippen LogP contribution in [0.3, 0.4) is 0 Å². The number of hydrogen-bond donors (Lipinski definition) is 0. The number of hydrogen-bond acceptors (Lipinski definition) is 5. The molecule has 12 rings (SSSR count). The quantitative estimate of drug-likeness (QED) is 0.175. The standard InChI is InChI=1S/C51H30N4S2/c1-3-12-31(13-4-1)49-52-50(32-14-5-2-6-15-32)54-51(53-49)34-23-26-41-42-19-11-18-36(48(42)57-46(41)29-34)33-22-25-39-40-27-24-35(30-47(40)56-45(39)28-33)55-43-20-9-7-16-37(43)38-17-8-10-21-44(38)55/h1-30H. The van der Waals surface area contributed by atoms with Crippen LogP contribution in [0, 0.1) is 0 Å². The summed E-state index contributed by atoms with van der Waals surface area (Å²) in [7, 11) is 0. The average molecular weight is 763 g/mol. The topological polar surface area (TPSA) is 43.6 Å². The highest BCUT2D eigenvalue weighted by Crippen LogP contribution is 2.44. The molecule has 6 heteroatoms. The molecule has 12 aromatic rings. The molecule has 4 aromatic heterocycles. The second-order valence-corrected chi connectivity index (χ2v) is 16.5. The van der Waals surface area contributed by atoms with E-state index in [4.69, 9.17) is 15.0 Å². The van der Waals surface area contributed by atoms with Crippen LogP contribution >= 0.6 is 22.7 Å². The molecule has 0 saturated heterocycles. The molecule has 0 bridgehead atoms. The smallest absolute Gasteiger partial charge is 0.164 e. The minimum absolute atomic E-state index is 0.665. The Labute approximate surface area is 335 Å². The lowest BCUT2D eigenvalue weighted by Gasteiger charge is -2.08. The molecule has 0 amide bonds. The molecule has 8 aromatic carbocycles. The van der Waals surface area contributed by atoms with Gasteiger partial charge >= 0.3 is 0 Å². The number of nitrogens with zero attached hydrogens (tertiary/aromatic N) is 4. The van der Waals surface area contributed by atoms with Crippen LogP contribution in [0.5, 0.6) is 0 Å². The van der Waals surface area contributed by atoms with E-state index in [2.05, 4.69) is 126 Å². The van der Waals surface area contributed by atoms with Gasteiger partial charge in [-0.1, -0.05) is 146 Å². The van der Waals surface area contributed by atoms with Crippen molar-refractivity contribution >= 4 is 84.8 Å². The second-order valence-electron chi connectivity index (χ2n) is 14.4. The zero-order valence-electron chi connectivity index (χ0n) is 30.4. The van der Waals surface area contributed by atoms with Gasteiger partial charge < -0.3 is 4.57 Å². The predicted molar refractivity (Wildman–Crippen MR) is 242 cm³/mol. The molecule has 0 N–H and O–H groups in total. The summed E-state index contributed by atoms with van der Waals surface area (Å²) in [6.45, 7) is 0. The number of para-hydroxylation sites is 2. The lowest BCUT2D eigenvalue weighted by atomic mass is 10.0. The van der Waals surface area contributed by atoms with Crippen molar-refractivity contribution in [3.63, 3.8) is 0 Å². The first-order chi connectivity index (χ1) is 28.2. The SMILES string of the molecule is c1ccc(-c2nc(-c3ccccc3)nc(-c3ccc4c(c3)sc3c(-c5ccc6c(c5)sc5cc(-n7c8ccccc8c8ccccc87)ccc56)cccc34)n2)cc1. The number of thiophene rings is 2. The summed E-state index contributed by atoms with van der Waals surface area (Å²) in [5.41, 5.74) is 9.02. The first-order valence-electron chi connectivity index (χ1n) is 19.0. The monoisotopic (exact) mass is 762 g/mol. The molecule has 0 spiro atoms. The first-order valence-corrected chi connectivity index (χ1v) is 20.6. The molecule has 0 aliphatic heterocycles. The molecule has 266 valence electrons. The fourth-order valence-electron chi connectivity index (χ4n) is 8.38. The Morgan fingerprint density at radius 1 is 0.333 bits per heavy atom. The number of fused-ring (bicyclic) bond motifs is 9. The minimum Gasteiger partial charge on any atom is -0.309 e. The Balaban J connectivity index is 0.955. The van der Waals surface area contributed by atoms with Gasteiger partial charge in [-0.25, -0.2) is 15.0 Å². The van der Waals surface area contributed by atoms with Crippen molar-refractivity contribution < 1.29 is 0 Å². The summed E-state index contributed by atoms with van der Waals surface area (Å²) in [6, 6.07) is 64.9. The van der Waals surface area contributed by atoms with Gasteiger partial charge in [-0.15, -0.1) is 22.7 Å². The molecule has 0 atom stereocenters. The highest BCUT2D eigenvalue weighted by Gasteiger charge is 2.17. The van der Waals surface area contributed by atoms with E-state index >= 15 is 0 Å². The summed E-state index contributed by atoms with van der Waals surface area (Å²) in [6.07, 6.45) is 0. The molecule has 0 aliphatic carbocycles. The lowest BCUT2D eigenvalue weighted by Crippen LogP contribution is -1.99. The number of aromatic nitrogens is 4. The van der Waals surface area contributed by atoms with Crippen molar-refractivity contribution in [2.45, 2.75) is 0 Å². The van der Waals surface area contributed by atoms with Crippen LogP contribution in [0.2, 0.25) is 0 Å². The molecule has 4 nitrogen and oxygen atoms in total. The lowest BCUT2D eigenvalue weighted by molar-refractivity contribution is 1.07. The van der Waals surface area contributed by atoms with Gasteiger partial charge in [0.2, 0.25) is 0 Å². The summed E-state index contributed by atoms with van der Waals surface area (Å²) in [5.74, 6) is 1.99. The summed E-state index contributed by atoms with van der Waals surface area (Å²) in [5, 5.41) is 7.64. The summed E-state index contributed by atoms with van der Waals surface area (Å²) >= 11 is 3.71. The first kappa shape index (κ1) is 32.3. The highest BCUT2D eigenvalue weighted by atomic mass is 32.1. The molecule has 0 radical (unpaired) electrons. The molecule has 4 heterocycles. The van der Waals surface area contributed by atoms with Crippen LogP contribution in [-0.4, -0.2) is 19.5 Å². The third-order valence-corrected chi connectivity index (χ3v) is 13.4. The predicted octanol–water partition coefficient (Wildman–Crippen LogP) is 14.4. The van der Waals surface area contributed by atoms with Gasteiger partial charge in [0.1, 0.15) is 0 Å². The third-order valence-electron chi connectivity index (χ3n) is 11.1. The van der Waals surface area contributed by atoms with Gasteiger partial charge in [-0.2, -0.15) is 0 Å². The third kappa shape index (κ3) is 5.22. The van der Waals surface area contributed by atoms with E-state index in [9.17, 15) is 0 Å². The van der Waals surface area contributed by atoms with Gasteiger partial charge in [-0.3, -0.25) is 0 Å². The molecular formula is C51H30N4S2. The van der Waals surface area contributed by atoms with E-state index < -0.39 is 0 Å². The van der Waals surface area contributed by atoms with Crippen LogP contribution in [-0.2, 0) is 0 Å². The molecular weight excluding hydrogens is 733 g/mol. The van der Waals surface area contributed by atoms with E-state index in [0.717, 1.165) is 16.7 Å². The molecule has 0 unspecified atom stereocenters. The zero-order chi connectivity index (χ0) is 37.5. The summed E-state index contributed by atoms with van der Waals surface area (Å²) in [4.78, 5) is 14.9. The maximum absolute atomic E-state index is 5.00. The van der Waals surface area contributed by atoms with Crippen LogP contribution < -0.4 is 0 Å². The second kappa shape index (κ2) is 12.8. The van der Waals surface area contributed by atoms with Gasteiger partial charge in [0.15, 0.2) is 17.5 Å². The van der Waals surface area contributed by atoms with Crippen molar-refractivity contribution in [2.75, 3.05) is 0 Å². The Bertz CT molecular complexity index is 3410. The minimum atomic E-state index is 0.665. The zero-order valence-corrected chi connectivity index (χ0v) is 32.1. The molecule has 0 aliphatic rings. The van der Waals surface area contributed by atoms with E-state index in [1.54, 1.807) is 0 Å². The van der Waals surface area contributed by atoms with Crippen molar-refractivity contribution in [2.24, 2.45) is 0 Å². The van der Waals surface area contributed by atoms with Crippen LogP contribution in [0.4, 0.5) is 0 Å². The van der Waals surface area contributed by atoms with Gasteiger partial charge in [0.25, 0.3) is 0 Å². The molecule has 0 saturated carbocycles. The largest absolute Gasteiger partial charge is 0.309 e. The number of benzene rings is 8. The van der Waals surface area contributed by atoms with Gasteiger partial charge in [0, 0.05) is 73.5 Å². The molecule has 57 heavy (non-hydrogen) atoms. The Hall–Kier alpha value is -6.99. The Kier molecular flexibility index (Phi) is 7.24. The normalized spacial score (nSPS) is 11.9. The maximum Gasteiger partial charge on any atom is 0.164 e. The van der Waals surface area contributed by atoms with Gasteiger partial charge in [-0.05, 0) is 47.5 Å².